The van der Waals surface area contributed by atoms with Gasteiger partial charge in [0, 0.05) is 19.3 Å². The molecule has 0 fully saturated rings. The van der Waals surface area contributed by atoms with Crippen molar-refractivity contribution >= 4 is 17.5 Å². The summed E-state index contributed by atoms with van der Waals surface area (Å²) in [7, 11) is 3.19. The Bertz CT molecular complexity index is 502. The number of hydrogen-bond donors (Lipinski definition) is 2. The van der Waals surface area contributed by atoms with E-state index < -0.39 is 11.9 Å². The van der Waals surface area contributed by atoms with Crippen molar-refractivity contribution in [2.24, 2.45) is 0 Å². The summed E-state index contributed by atoms with van der Waals surface area (Å²) in [5.41, 5.74) is 6.41. The quantitative estimate of drug-likeness (QED) is 0.783. The minimum atomic E-state index is -0.613. The number of anilines is 1. The number of nitrogens with two attached hydrogens (primary N) is 1. The Morgan fingerprint density at radius 1 is 1.45 bits per heavy atom. The third kappa shape index (κ3) is 3.63. The van der Waals surface area contributed by atoms with Gasteiger partial charge in [-0.05, 0) is 32.0 Å². The van der Waals surface area contributed by atoms with E-state index in [9.17, 15) is 9.59 Å². The van der Waals surface area contributed by atoms with E-state index in [4.69, 9.17) is 10.5 Å². The Kier molecular flexibility index (Phi) is 5.37. The first-order chi connectivity index (χ1) is 9.40. The first-order valence-electron chi connectivity index (χ1n) is 6.40. The van der Waals surface area contributed by atoms with Gasteiger partial charge in [-0.2, -0.15) is 0 Å². The van der Waals surface area contributed by atoms with E-state index >= 15 is 0 Å². The van der Waals surface area contributed by atoms with Crippen LogP contribution in [0.5, 0.6) is 5.75 Å². The number of rotatable bonds is 5. The van der Waals surface area contributed by atoms with Crippen molar-refractivity contribution in [3.8, 4) is 5.75 Å². The van der Waals surface area contributed by atoms with Crippen LogP contribution in [0.3, 0.4) is 0 Å². The highest BCUT2D eigenvalue weighted by molar-refractivity contribution is 6.01. The van der Waals surface area contributed by atoms with Crippen molar-refractivity contribution < 1.29 is 14.3 Å². The Morgan fingerprint density at radius 3 is 2.65 bits per heavy atom. The van der Waals surface area contributed by atoms with Crippen molar-refractivity contribution in [1.82, 2.24) is 10.2 Å². The predicted molar refractivity (Wildman–Crippen MR) is 77.6 cm³/mol. The molecule has 0 aliphatic heterocycles. The number of likely N-dealkylation sites (N-methyl/N-ethyl adjacent to an activating group) is 1. The summed E-state index contributed by atoms with van der Waals surface area (Å²) >= 11 is 0. The maximum atomic E-state index is 12.1. The molecule has 1 aromatic carbocycles. The van der Waals surface area contributed by atoms with Crippen LogP contribution < -0.4 is 15.8 Å². The zero-order chi connectivity index (χ0) is 15.3. The molecule has 1 atom stereocenters. The van der Waals surface area contributed by atoms with Gasteiger partial charge in [0.2, 0.25) is 5.91 Å². The second-order valence-electron chi connectivity index (χ2n) is 4.50. The zero-order valence-corrected chi connectivity index (χ0v) is 12.3. The molecule has 3 N–H and O–H groups in total. The van der Waals surface area contributed by atoms with Crippen molar-refractivity contribution in [2.75, 3.05) is 26.4 Å². The van der Waals surface area contributed by atoms with E-state index in [1.165, 1.54) is 7.11 Å². The highest BCUT2D eigenvalue weighted by Gasteiger charge is 2.20. The summed E-state index contributed by atoms with van der Waals surface area (Å²) in [5, 5.41) is 2.64. The van der Waals surface area contributed by atoms with Gasteiger partial charge in [-0.3, -0.25) is 9.59 Å². The van der Waals surface area contributed by atoms with Crippen molar-refractivity contribution in [3.63, 3.8) is 0 Å². The molecule has 0 heterocycles. The predicted octanol–water partition coefficient (Wildman–Crippen LogP) is 0.874. The van der Waals surface area contributed by atoms with Gasteiger partial charge in [-0.25, -0.2) is 0 Å². The van der Waals surface area contributed by atoms with Crippen molar-refractivity contribution in [2.45, 2.75) is 19.9 Å². The number of carbonyl (C=O) groups excluding carboxylic acids is 2. The largest absolute Gasteiger partial charge is 0.497 e. The fraction of sp³-hybridized carbons (Fsp3) is 0.429. The topological polar surface area (TPSA) is 84.7 Å². The number of ether oxygens (including phenoxy) is 1. The smallest absolute Gasteiger partial charge is 0.254 e. The van der Waals surface area contributed by atoms with Gasteiger partial charge in [-0.1, -0.05) is 0 Å². The molecule has 0 spiro atoms. The number of nitrogens with zero attached hydrogens (tertiary/aromatic N) is 1. The SMILES string of the molecule is CCN(C)C(=O)C(C)NC(=O)c1cc(OC)ccc1N. The van der Waals surface area contributed by atoms with Crippen LogP contribution >= 0.6 is 0 Å². The van der Waals surface area contributed by atoms with Crippen LogP contribution in [0.4, 0.5) is 5.69 Å². The van der Waals surface area contributed by atoms with E-state index in [0.717, 1.165) is 0 Å². The lowest BCUT2D eigenvalue weighted by atomic mass is 10.1. The van der Waals surface area contributed by atoms with Gasteiger partial charge in [0.05, 0.1) is 12.7 Å². The molecular weight excluding hydrogens is 258 g/mol. The molecule has 0 saturated heterocycles. The van der Waals surface area contributed by atoms with E-state index in [-0.39, 0.29) is 5.91 Å². The maximum absolute atomic E-state index is 12.1. The number of benzene rings is 1. The van der Waals surface area contributed by atoms with Crippen LogP contribution in [-0.4, -0.2) is 43.5 Å². The number of carbonyl (C=O) groups is 2. The zero-order valence-electron chi connectivity index (χ0n) is 12.3. The molecule has 0 aromatic heterocycles. The highest BCUT2D eigenvalue weighted by Crippen LogP contribution is 2.19. The second kappa shape index (κ2) is 6.79. The molecule has 2 amide bonds. The Hall–Kier alpha value is -2.24. The molecule has 0 aliphatic rings. The third-order valence-corrected chi connectivity index (χ3v) is 3.07. The van der Waals surface area contributed by atoms with Gasteiger partial charge < -0.3 is 20.7 Å². The van der Waals surface area contributed by atoms with E-state index in [1.54, 1.807) is 37.1 Å². The molecule has 0 bridgehead atoms. The van der Waals surface area contributed by atoms with Gasteiger partial charge in [0.1, 0.15) is 11.8 Å². The summed E-state index contributed by atoms with van der Waals surface area (Å²) in [6.45, 7) is 4.09. The second-order valence-corrected chi connectivity index (χ2v) is 4.50. The van der Waals surface area contributed by atoms with E-state index in [2.05, 4.69) is 5.32 Å². The monoisotopic (exact) mass is 279 g/mol. The van der Waals surface area contributed by atoms with Crippen molar-refractivity contribution in [3.05, 3.63) is 23.8 Å². The lowest BCUT2D eigenvalue weighted by molar-refractivity contribution is -0.131. The van der Waals surface area contributed by atoms with Gasteiger partial charge in [0.15, 0.2) is 0 Å². The molecule has 1 rings (SSSR count). The molecule has 1 unspecified atom stereocenters. The number of nitrogens with one attached hydrogen (secondary N) is 1. The molecule has 1 aromatic rings. The molecule has 0 aliphatic carbocycles. The lowest BCUT2D eigenvalue weighted by Gasteiger charge is -2.20. The molecule has 20 heavy (non-hydrogen) atoms. The normalized spacial score (nSPS) is 11.6. The average molecular weight is 279 g/mol. The molecule has 110 valence electrons. The van der Waals surface area contributed by atoms with Crippen LogP contribution in [-0.2, 0) is 4.79 Å². The molecule has 6 heteroatoms. The fourth-order valence-corrected chi connectivity index (χ4v) is 1.68. The summed E-state index contributed by atoms with van der Waals surface area (Å²) in [6, 6.07) is 4.20. The molecular formula is C14H21N3O3. The van der Waals surface area contributed by atoms with E-state index in [0.29, 0.717) is 23.5 Å². The van der Waals surface area contributed by atoms with Gasteiger partial charge in [-0.15, -0.1) is 0 Å². The number of methoxy groups -OCH3 is 1. The molecule has 0 radical (unpaired) electrons. The Labute approximate surface area is 118 Å². The van der Waals surface area contributed by atoms with Gasteiger partial charge >= 0.3 is 0 Å². The minimum Gasteiger partial charge on any atom is -0.497 e. The van der Waals surface area contributed by atoms with Crippen LogP contribution in [0.2, 0.25) is 0 Å². The molecule has 0 saturated carbocycles. The number of hydrogen-bond acceptors (Lipinski definition) is 4. The fourth-order valence-electron chi connectivity index (χ4n) is 1.68. The Balaban J connectivity index is 2.83. The van der Waals surface area contributed by atoms with Crippen LogP contribution in [0.15, 0.2) is 18.2 Å². The first kappa shape index (κ1) is 15.8. The standard InChI is InChI=1S/C14H21N3O3/c1-5-17(3)14(19)9(2)16-13(18)11-8-10(20-4)6-7-12(11)15/h6-9H,5,15H2,1-4H3,(H,16,18). The summed E-state index contributed by atoms with van der Waals surface area (Å²) in [6.07, 6.45) is 0. The lowest BCUT2D eigenvalue weighted by Crippen LogP contribution is -2.45. The summed E-state index contributed by atoms with van der Waals surface area (Å²) in [4.78, 5) is 25.6. The summed E-state index contributed by atoms with van der Waals surface area (Å²) in [5.74, 6) is -0.0110. The van der Waals surface area contributed by atoms with Crippen LogP contribution in [0.1, 0.15) is 24.2 Å². The van der Waals surface area contributed by atoms with Crippen LogP contribution in [0.25, 0.3) is 0 Å². The van der Waals surface area contributed by atoms with Crippen molar-refractivity contribution in [1.29, 1.82) is 0 Å². The average Bonchev–Trinajstić information content (AvgIpc) is 2.45. The minimum absolute atomic E-state index is 0.151. The number of nitrogen functional groups attached to an aromatic ring is 1. The third-order valence-electron chi connectivity index (χ3n) is 3.07. The summed E-state index contributed by atoms with van der Waals surface area (Å²) < 4.78 is 5.06. The van der Waals surface area contributed by atoms with E-state index in [1.807, 2.05) is 6.92 Å². The highest BCUT2D eigenvalue weighted by atomic mass is 16.5. The number of amides is 2. The first-order valence-corrected chi connectivity index (χ1v) is 6.40. The van der Waals surface area contributed by atoms with Gasteiger partial charge in [0.25, 0.3) is 5.91 Å². The molecule has 6 nitrogen and oxygen atoms in total. The van der Waals surface area contributed by atoms with Crippen LogP contribution in [0, 0.1) is 0 Å². The Morgan fingerprint density at radius 2 is 2.10 bits per heavy atom. The maximum Gasteiger partial charge on any atom is 0.254 e.